The summed E-state index contributed by atoms with van der Waals surface area (Å²) in [6, 6.07) is 2.16. The van der Waals surface area contributed by atoms with Gasteiger partial charge in [-0.15, -0.1) is 11.3 Å². The van der Waals surface area contributed by atoms with E-state index in [4.69, 9.17) is 5.73 Å². The van der Waals surface area contributed by atoms with Crippen molar-refractivity contribution in [2.75, 3.05) is 18.4 Å². The number of nitrogens with one attached hydrogen (secondary N) is 2. The maximum atomic E-state index is 12.0. The first-order valence-electron chi connectivity index (χ1n) is 6.59. The predicted molar refractivity (Wildman–Crippen MR) is 75.5 cm³/mol. The molecule has 104 valence electrons. The summed E-state index contributed by atoms with van der Waals surface area (Å²) in [6.07, 6.45) is 3.61. The molecule has 0 radical (unpaired) electrons. The Labute approximate surface area is 116 Å². The molecule has 0 aromatic carbocycles. The first kappa shape index (κ1) is 14.0. The van der Waals surface area contributed by atoms with Gasteiger partial charge in [-0.3, -0.25) is 9.59 Å². The average Bonchev–Trinajstić information content (AvgIpc) is 2.80. The van der Waals surface area contributed by atoms with Gasteiger partial charge in [0.1, 0.15) is 5.00 Å². The summed E-state index contributed by atoms with van der Waals surface area (Å²) in [6.45, 7) is 3.68. The Bertz CT molecular complexity index is 472. The fraction of sp³-hybridized carbons (Fsp3) is 0.538. The van der Waals surface area contributed by atoms with Crippen LogP contribution in [0.2, 0.25) is 0 Å². The Kier molecular flexibility index (Phi) is 4.55. The number of amides is 2. The van der Waals surface area contributed by atoms with E-state index in [9.17, 15) is 9.59 Å². The van der Waals surface area contributed by atoms with Crippen LogP contribution in [-0.2, 0) is 4.79 Å². The predicted octanol–water partition coefficient (Wildman–Crippen LogP) is 0.243. The monoisotopic (exact) mass is 282 g/mol. The van der Waals surface area contributed by atoms with Crippen LogP contribution in [0.5, 0.6) is 0 Å². The SMILES string of the molecule is C[C@@H]1CCCC[NH+]1CC(=O)Nc1sccc1C(N)=O. The molecule has 2 rings (SSSR count). The molecular formula is C13H20N3O2S+. The van der Waals surface area contributed by atoms with Gasteiger partial charge in [-0.1, -0.05) is 0 Å². The van der Waals surface area contributed by atoms with Gasteiger partial charge in [0, 0.05) is 0 Å². The molecule has 2 heterocycles. The van der Waals surface area contributed by atoms with Crippen LogP contribution in [0.4, 0.5) is 5.00 Å². The van der Waals surface area contributed by atoms with Crippen molar-refractivity contribution >= 4 is 28.2 Å². The maximum Gasteiger partial charge on any atom is 0.280 e. The minimum absolute atomic E-state index is 0.0475. The van der Waals surface area contributed by atoms with Crippen molar-refractivity contribution in [1.29, 1.82) is 0 Å². The molecule has 4 N–H and O–H groups in total. The normalized spacial score (nSPS) is 23.0. The van der Waals surface area contributed by atoms with E-state index in [1.165, 1.54) is 35.5 Å². The molecule has 0 aliphatic carbocycles. The molecule has 0 bridgehead atoms. The second-order valence-electron chi connectivity index (χ2n) is 5.06. The van der Waals surface area contributed by atoms with E-state index in [0.717, 1.165) is 6.54 Å². The van der Waals surface area contributed by atoms with Crippen LogP contribution in [-0.4, -0.2) is 30.9 Å². The summed E-state index contributed by atoms with van der Waals surface area (Å²) in [7, 11) is 0. The van der Waals surface area contributed by atoms with Crippen LogP contribution >= 0.6 is 11.3 Å². The summed E-state index contributed by atoms with van der Waals surface area (Å²) >= 11 is 1.33. The van der Waals surface area contributed by atoms with Gasteiger partial charge in [0.05, 0.1) is 18.2 Å². The van der Waals surface area contributed by atoms with Crippen LogP contribution < -0.4 is 16.0 Å². The third kappa shape index (κ3) is 3.54. The lowest BCUT2D eigenvalue weighted by atomic mass is 10.0. The number of carbonyl (C=O) groups is 2. The zero-order valence-electron chi connectivity index (χ0n) is 11.1. The number of likely N-dealkylation sites (tertiary alicyclic amines) is 1. The van der Waals surface area contributed by atoms with E-state index < -0.39 is 5.91 Å². The molecule has 0 spiro atoms. The van der Waals surface area contributed by atoms with Gasteiger partial charge in [-0.05, 0) is 37.6 Å². The highest BCUT2D eigenvalue weighted by atomic mass is 32.1. The van der Waals surface area contributed by atoms with Crippen LogP contribution in [0.15, 0.2) is 11.4 Å². The Morgan fingerprint density at radius 1 is 1.53 bits per heavy atom. The lowest BCUT2D eigenvalue weighted by Gasteiger charge is -2.29. The smallest absolute Gasteiger partial charge is 0.280 e. The number of primary amides is 1. The van der Waals surface area contributed by atoms with E-state index in [1.807, 2.05) is 0 Å². The molecule has 5 nitrogen and oxygen atoms in total. The molecular weight excluding hydrogens is 262 g/mol. The molecule has 1 saturated heterocycles. The Hall–Kier alpha value is -1.40. The van der Waals surface area contributed by atoms with Crippen LogP contribution in [0, 0.1) is 0 Å². The molecule has 1 aliphatic rings. The Morgan fingerprint density at radius 3 is 3.00 bits per heavy atom. The van der Waals surface area contributed by atoms with Crippen LogP contribution in [0.25, 0.3) is 0 Å². The second-order valence-corrected chi connectivity index (χ2v) is 5.97. The maximum absolute atomic E-state index is 12.0. The molecule has 1 unspecified atom stereocenters. The molecule has 6 heteroatoms. The quantitative estimate of drug-likeness (QED) is 0.740. The van der Waals surface area contributed by atoms with Crippen LogP contribution in [0.3, 0.4) is 0 Å². The molecule has 1 aliphatic heterocycles. The van der Waals surface area contributed by atoms with Gasteiger partial charge in [0.2, 0.25) is 0 Å². The van der Waals surface area contributed by atoms with Crippen LogP contribution in [0.1, 0.15) is 36.5 Å². The highest BCUT2D eigenvalue weighted by Crippen LogP contribution is 2.22. The summed E-state index contributed by atoms with van der Waals surface area (Å²) in [5, 5.41) is 5.11. The van der Waals surface area contributed by atoms with Crippen molar-refractivity contribution < 1.29 is 14.5 Å². The fourth-order valence-corrected chi connectivity index (χ4v) is 3.30. The van der Waals surface area contributed by atoms with Crippen molar-refractivity contribution in [3.05, 3.63) is 17.0 Å². The standard InChI is InChI=1S/C13H19N3O2S/c1-9-4-2-3-6-16(9)8-11(17)15-13-10(12(14)18)5-7-19-13/h5,7,9H,2-4,6,8H2,1H3,(H2,14,18)(H,15,17)/p+1/t9-/m1/s1. The molecule has 1 aromatic rings. The van der Waals surface area contributed by atoms with E-state index in [1.54, 1.807) is 11.4 Å². The molecule has 1 aromatic heterocycles. The van der Waals surface area contributed by atoms with Gasteiger partial charge >= 0.3 is 0 Å². The number of thiophene rings is 1. The number of carbonyl (C=O) groups excluding carboxylic acids is 2. The number of nitrogens with two attached hydrogens (primary N) is 1. The highest BCUT2D eigenvalue weighted by molar-refractivity contribution is 7.14. The van der Waals surface area contributed by atoms with Gasteiger partial charge in [0.25, 0.3) is 11.8 Å². The van der Waals surface area contributed by atoms with E-state index in [0.29, 0.717) is 23.2 Å². The Balaban J connectivity index is 1.93. The first-order valence-corrected chi connectivity index (χ1v) is 7.47. The Morgan fingerprint density at radius 2 is 2.32 bits per heavy atom. The van der Waals surface area contributed by atoms with Crippen molar-refractivity contribution in [1.82, 2.24) is 0 Å². The summed E-state index contributed by atoms with van der Waals surface area (Å²) in [5.74, 6) is -0.552. The number of hydrogen-bond acceptors (Lipinski definition) is 3. The van der Waals surface area contributed by atoms with Crippen molar-refractivity contribution in [2.24, 2.45) is 5.73 Å². The molecule has 19 heavy (non-hydrogen) atoms. The van der Waals surface area contributed by atoms with E-state index in [-0.39, 0.29) is 5.91 Å². The largest absolute Gasteiger partial charge is 0.366 e. The number of quaternary nitrogens is 1. The van der Waals surface area contributed by atoms with Gasteiger partial charge < -0.3 is 16.0 Å². The summed E-state index contributed by atoms with van der Waals surface area (Å²) < 4.78 is 0. The molecule has 2 atom stereocenters. The van der Waals surface area contributed by atoms with Crippen molar-refractivity contribution in [3.63, 3.8) is 0 Å². The highest BCUT2D eigenvalue weighted by Gasteiger charge is 2.24. The molecule has 1 fully saturated rings. The third-order valence-corrected chi connectivity index (χ3v) is 4.48. The van der Waals surface area contributed by atoms with Crippen molar-refractivity contribution in [3.8, 4) is 0 Å². The van der Waals surface area contributed by atoms with E-state index >= 15 is 0 Å². The number of piperidine rings is 1. The fourth-order valence-electron chi connectivity index (χ4n) is 2.49. The summed E-state index contributed by atoms with van der Waals surface area (Å²) in [4.78, 5) is 24.5. The average molecular weight is 282 g/mol. The lowest BCUT2D eigenvalue weighted by Crippen LogP contribution is -3.17. The van der Waals surface area contributed by atoms with Gasteiger partial charge in [-0.25, -0.2) is 0 Å². The van der Waals surface area contributed by atoms with Gasteiger partial charge in [0.15, 0.2) is 6.54 Å². The van der Waals surface area contributed by atoms with E-state index in [2.05, 4.69) is 12.2 Å². The number of rotatable bonds is 4. The number of anilines is 1. The van der Waals surface area contributed by atoms with Crippen molar-refractivity contribution in [2.45, 2.75) is 32.2 Å². The first-order chi connectivity index (χ1) is 9.08. The molecule has 2 amide bonds. The minimum atomic E-state index is -0.504. The minimum Gasteiger partial charge on any atom is -0.366 e. The topological polar surface area (TPSA) is 76.6 Å². The summed E-state index contributed by atoms with van der Waals surface area (Å²) in [5.41, 5.74) is 5.64. The second kappa shape index (κ2) is 6.16. The number of hydrogen-bond donors (Lipinski definition) is 3. The zero-order chi connectivity index (χ0) is 13.8. The van der Waals surface area contributed by atoms with Gasteiger partial charge in [-0.2, -0.15) is 0 Å². The zero-order valence-corrected chi connectivity index (χ0v) is 11.9. The lowest BCUT2D eigenvalue weighted by molar-refractivity contribution is -0.920. The molecule has 0 saturated carbocycles. The third-order valence-electron chi connectivity index (χ3n) is 3.65.